The Bertz CT molecular complexity index is 1230. The molecule has 0 aliphatic heterocycles. The van der Waals surface area contributed by atoms with E-state index in [1.54, 1.807) is 19.1 Å². The fourth-order valence-electron chi connectivity index (χ4n) is 3.03. The number of pyridine rings is 1. The summed E-state index contributed by atoms with van der Waals surface area (Å²) in [7, 11) is 1.38. The lowest BCUT2D eigenvalue weighted by Gasteiger charge is -2.15. The van der Waals surface area contributed by atoms with Crippen molar-refractivity contribution in [3.05, 3.63) is 81.0 Å². The zero-order valence-electron chi connectivity index (χ0n) is 17.2. The standard InChI is InChI=1S/C22H20FN5O3/c1-13-4-5-17(14(2)6-13)18(23)11-26-21(29)20-19(12-27-28(3)22(20)30)31-16-7-15(8-24)9-25-10-16/h4-7,9-10,12,18H,11H2,1-3H3,(H,26,29). The van der Waals surface area contributed by atoms with Gasteiger partial charge in [-0.05, 0) is 25.0 Å². The molecule has 31 heavy (non-hydrogen) atoms. The molecular weight excluding hydrogens is 401 g/mol. The molecule has 0 spiro atoms. The number of aryl methyl sites for hydroxylation is 3. The molecule has 1 unspecified atom stereocenters. The van der Waals surface area contributed by atoms with E-state index < -0.39 is 17.6 Å². The van der Waals surface area contributed by atoms with E-state index in [0.29, 0.717) is 5.56 Å². The quantitative estimate of drug-likeness (QED) is 0.655. The molecule has 8 nitrogen and oxygen atoms in total. The van der Waals surface area contributed by atoms with Crippen LogP contribution >= 0.6 is 0 Å². The Morgan fingerprint density at radius 3 is 2.77 bits per heavy atom. The minimum atomic E-state index is -1.45. The maximum Gasteiger partial charge on any atom is 0.283 e. The maximum absolute atomic E-state index is 14.7. The SMILES string of the molecule is Cc1ccc(C(F)CNC(=O)c2c(Oc3cncc(C#N)c3)cnn(C)c2=O)c(C)c1. The average molecular weight is 421 g/mol. The number of halogens is 1. The summed E-state index contributed by atoms with van der Waals surface area (Å²) in [4.78, 5) is 29.2. The van der Waals surface area contributed by atoms with Crippen LogP contribution in [0.25, 0.3) is 0 Å². The molecule has 1 amide bonds. The molecule has 1 aromatic carbocycles. The molecule has 9 heteroatoms. The molecule has 158 valence electrons. The number of benzene rings is 1. The molecule has 3 rings (SSSR count). The first-order chi connectivity index (χ1) is 14.8. The molecule has 2 aromatic heterocycles. The van der Waals surface area contributed by atoms with E-state index >= 15 is 0 Å². The number of nitriles is 1. The summed E-state index contributed by atoms with van der Waals surface area (Å²) in [6.07, 6.45) is 2.43. The van der Waals surface area contributed by atoms with Crippen LogP contribution < -0.4 is 15.6 Å². The van der Waals surface area contributed by atoms with Gasteiger partial charge in [0.25, 0.3) is 11.5 Å². The van der Waals surface area contributed by atoms with E-state index in [1.807, 2.05) is 19.1 Å². The minimum absolute atomic E-state index is 0.126. The molecule has 2 heterocycles. The van der Waals surface area contributed by atoms with Crippen molar-refractivity contribution in [2.45, 2.75) is 20.0 Å². The highest BCUT2D eigenvalue weighted by Crippen LogP contribution is 2.24. The Hall–Kier alpha value is -4.06. The third-order valence-corrected chi connectivity index (χ3v) is 4.60. The van der Waals surface area contributed by atoms with Crippen LogP contribution in [-0.4, -0.2) is 27.2 Å². The number of amides is 1. The van der Waals surface area contributed by atoms with Crippen LogP contribution in [0.2, 0.25) is 0 Å². The zero-order chi connectivity index (χ0) is 22.5. The fraction of sp³-hybridized carbons (Fsp3) is 0.227. The highest BCUT2D eigenvalue weighted by atomic mass is 19.1. The van der Waals surface area contributed by atoms with Gasteiger partial charge in [-0.25, -0.2) is 9.07 Å². The number of carbonyl (C=O) groups is 1. The van der Waals surface area contributed by atoms with Crippen LogP contribution in [-0.2, 0) is 7.05 Å². The summed E-state index contributed by atoms with van der Waals surface area (Å²) >= 11 is 0. The number of carbonyl (C=O) groups excluding carboxylic acids is 1. The average Bonchev–Trinajstić information content (AvgIpc) is 2.74. The molecule has 1 atom stereocenters. The summed E-state index contributed by atoms with van der Waals surface area (Å²) in [5, 5.41) is 15.3. The van der Waals surface area contributed by atoms with E-state index in [-0.39, 0.29) is 29.2 Å². The second-order valence-electron chi connectivity index (χ2n) is 6.97. The highest BCUT2D eigenvalue weighted by Gasteiger charge is 2.22. The molecule has 0 aliphatic rings. The largest absolute Gasteiger partial charge is 0.453 e. The summed E-state index contributed by atoms with van der Waals surface area (Å²) < 4.78 is 21.3. The molecule has 1 N–H and O–H groups in total. The molecule has 0 saturated carbocycles. The van der Waals surface area contributed by atoms with Gasteiger partial charge >= 0.3 is 0 Å². The van der Waals surface area contributed by atoms with Gasteiger partial charge in [-0.3, -0.25) is 14.6 Å². The molecule has 0 bridgehead atoms. The summed E-state index contributed by atoms with van der Waals surface area (Å²) in [5.74, 6) is -0.768. The van der Waals surface area contributed by atoms with Gasteiger partial charge < -0.3 is 10.1 Å². The number of rotatable bonds is 6. The van der Waals surface area contributed by atoms with Gasteiger partial charge in [-0.15, -0.1) is 0 Å². The number of hydrogen-bond acceptors (Lipinski definition) is 6. The van der Waals surface area contributed by atoms with Crippen LogP contribution in [0.1, 0.15) is 38.8 Å². The van der Waals surface area contributed by atoms with Crippen molar-refractivity contribution in [3.63, 3.8) is 0 Å². The van der Waals surface area contributed by atoms with Crippen LogP contribution in [0.4, 0.5) is 4.39 Å². The van der Waals surface area contributed by atoms with E-state index in [4.69, 9.17) is 10.00 Å². The van der Waals surface area contributed by atoms with Gasteiger partial charge in [-0.2, -0.15) is 10.4 Å². The first-order valence-corrected chi connectivity index (χ1v) is 9.39. The van der Waals surface area contributed by atoms with Crippen molar-refractivity contribution in [1.82, 2.24) is 20.1 Å². The number of hydrogen-bond donors (Lipinski definition) is 1. The van der Waals surface area contributed by atoms with Gasteiger partial charge in [-0.1, -0.05) is 23.8 Å². The third-order valence-electron chi connectivity index (χ3n) is 4.60. The van der Waals surface area contributed by atoms with Gasteiger partial charge in [0, 0.05) is 19.3 Å². The van der Waals surface area contributed by atoms with E-state index in [9.17, 15) is 14.0 Å². The lowest BCUT2D eigenvalue weighted by molar-refractivity contribution is 0.0936. The monoisotopic (exact) mass is 421 g/mol. The lowest BCUT2D eigenvalue weighted by atomic mass is 10.0. The number of aromatic nitrogens is 3. The number of ether oxygens (including phenoxy) is 1. The minimum Gasteiger partial charge on any atom is -0.453 e. The zero-order valence-corrected chi connectivity index (χ0v) is 17.2. The van der Waals surface area contributed by atoms with Crippen molar-refractivity contribution in [1.29, 1.82) is 5.26 Å². The van der Waals surface area contributed by atoms with Crippen LogP contribution in [0, 0.1) is 25.2 Å². The molecule has 0 fully saturated rings. The Morgan fingerprint density at radius 1 is 1.29 bits per heavy atom. The Kier molecular flexibility index (Phi) is 6.40. The van der Waals surface area contributed by atoms with Crippen LogP contribution in [0.5, 0.6) is 11.5 Å². The molecule has 3 aromatic rings. The fourth-order valence-corrected chi connectivity index (χ4v) is 3.03. The number of alkyl halides is 1. The van der Waals surface area contributed by atoms with Crippen molar-refractivity contribution in [2.24, 2.45) is 7.05 Å². The van der Waals surface area contributed by atoms with Gasteiger partial charge in [0.05, 0.1) is 24.5 Å². The van der Waals surface area contributed by atoms with Gasteiger partial charge in [0.15, 0.2) is 11.3 Å². The van der Waals surface area contributed by atoms with Crippen LogP contribution in [0.3, 0.4) is 0 Å². The van der Waals surface area contributed by atoms with E-state index in [0.717, 1.165) is 15.8 Å². The van der Waals surface area contributed by atoms with Gasteiger partial charge in [0.2, 0.25) is 0 Å². The number of nitrogens with one attached hydrogen (secondary N) is 1. The molecule has 0 aliphatic carbocycles. The molecule has 0 saturated heterocycles. The summed E-state index contributed by atoms with van der Waals surface area (Å²) in [5.41, 5.74) is 1.46. The maximum atomic E-state index is 14.7. The Labute approximate surface area is 177 Å². The second kappa shape index (κ2) is 9.17. The predicted molar refractivity (Wildman–Crippen MR) is 111 cm³/mol. The van der Waals surface area contributed by atoms with Crippen molar-refractivity contribution < 1.29 is 13.9 Å². The highest BCUT2D eigenvalue weighted by molar-refractivity contribution is 5.96. The lowest BCUT2D eigenvalue weighted by Crippen LogP contribution is -2.35. The molecule has 0 radical (unpaired) electrons. The molecular formula is C22H20FN5O3. The van der Waals surface area contributed by atoms with E-state index in [1.165, 1.54) is 31.7 Å². The summed E-state index contributed by atoms with van der Waals surface area (Å²) in [6.45, 7) is 3.39. The second-order valence-corrected chi connectivity index (χ2v) is 6.97. The first kappa shape index (κ1) is 21.6. The Balaban J connectivity index is 1.83. The third kappa shape index (κ3) is 4.93. The number of nitrogens with zero attached hydrogens (tertiary/aromatic N) is 4. The normalized spacial score (nSPS) is 11.5. The smallest absolute Gasteiger partial charge is 0.283 e. The predicted octanol–water partition coefficient (Wildman–Crippen LogP) is 2.90. The van der Waals surface area contributed by atoms with Crippen molar-refractivity contribution >= 4 is 5.91 Å². The topological polar surface area (TPSA) is 110 Å². The van der Waals surface area contributed by atoms with Crippen LogP contribution in [0.15, 0.2) is 47.7 Å². The van der Waals surface area contributed by atoms with Crippen molar-refractivity contribution in [2.75, 3.05) is 6.54 Å². The Morgan fingerprint density at radius 2 is 2.06 bits per heavy atom. The summed E-state index contributed by atoms with van der Waals surface area (Å²) in [6, 6.07) is 8.66. The van der Waals surface area contributed by atoms with E-state index in [2.05, 4.69) is 15.4 Å². The van der Waals surface area contributed by atoms with Crippen molar-refractivity contribution in [3.8, 4) is 17.6 Å². The first-order valence-electron chi connectivity index (χ1n) is 9.39. The van der Waals surface area contributed by atoms with Gasteiger partial charge in [0.1, 0.15) is 18.0 Å².